The third-order valence-electron chi connectivity index (χ3n) is 8.89. The summed E-state index contributed by atoms with van der Waals surface area (Å²) < 4.78 is 23.6. The summed E-state index contributed by atoms with van der Waals surface area (Å²) in [6.45, 7) is 24.0. The second-order valence-electron chi connectivity index (χ2n) is 13.9. The molecule has 11 heteroatoms. The smallest absolute Gasteiger partial charge is 0.192 e. The molecule has 8 nitrogen and oxygen atoms in total. The van der Waals surface area contributed by atoms with Crippen molar-refractivity contribution in [2.45, 2.75) is 109 Å². The van der Waals surface area contributed by atoms with Gasteiger partial charge >= 0.3 is 0 Å². The number of anilines is 1. The van der Waals surface area contributed by atoms with Crippen LogP contribution in [0.5, 0.6) is 0 Å². The molecule has 0 spiro atoms. The van der Waals surface area contributed by atoms with E-state index >= 15 is 0 Å². The number of benzene rings is 1. The van der Waals surface area contributed by atoms with E-state index in [0.717, 1.165) is 17.6 Å². The Labute approximate surface area is 255 Å². The maximum absolute atomic E-state index is 6.96. The van der Waals surface area contributed by atoms with E-state index < -0.39 is 16.6 Å². The lowest BCUT2D eigenvalue weighted by Gasteiger charge is -2.40. The quantitative estimate of drug-likeness (QED) is 0.181. The van der Waals surface area contributed by atoms with Crippen LogP contribution in [0.25, 0.3) is 11.2 Å². The molecule has 0 amide bonds. The Morgan fingerprint density at radius 2 is 1.62 bits per heavy atom. The number of ether oxygens (including phenoxy) is 1. The van der Waals surface area contributed by atoms with Crippen LogP contribution in [0.1, 0.15) is 59.8 Å². The van der Waals surface area contributed by atoms with E-state index in [1.165, 1.54) is 9.13 Å². The zero-order valence-corrected chi connectivity index (χ0v) is 29.9. The van der Waals surface area contributed by atoms with Crippen molar-refractivity contribution in [3.05, 3.63) is 46.1 Å². The highest BCUT2D eigenvalue weighted by Crippen LogP contribution is 2.43. The molecule has 1 N–H and O–H groups in total. The zero-order chi connectivity index (χ0) is 29.5. The molecule has 40 heavy (non-hydrogen) atoms. The summed E-state index contributed by atoms with van der Waals surface area (Å²) in [6, 6.07) is 8.44. The monoisotopic (exact) mass is 695 g/mol. The molecule has 0 radical (unpaired) electrons. The predicted molar refractivity (Wildman–Crippen MR) is 176 cm³/mol. The molecule has 0 bridgehead atoms. The molecule has 1 aromatic carbocycles. The number of fused-ring (bicyclic) bond motifs is 1. The van der Waals surface area contributed by atoms with Crippen molar-refractivity contribution in [3.8, 4) is 0 Å². The van der Waals surface area contributed by atoms with Gasteiger partial charge in [-0.15, -0.1) is 0 Å². The number of hydrogen-bond acceptors (Lipinski definition) is 7. The van der Waals surface area contributed by atoms with Gasteiger partial charge in [-0.2, -0.15) is 0 Å². The summed E-state index contributed by atoms with van der Waals surface area (Å²) in [5.74, 6) is 0.715. The van der Waals surface area contributed by atoms with Crippen LogP contribution in [-0.2, 0) is 20.1 Å². The molecule has 1 aliphatic heterocycles. The first-order chi connectivity index (χ1) is 18.5. The Balaban J connectivity index is 1.57. The lowest BCUT2D eigenvalue weighted by molar-refractivity contribution is -0.0383. The van der Waals surface area contributed by atoms with Gasteiger partial charge in [0.15, 0.2) is 33.6 Å². The number of nitrogens with one attached hydrogen (secondary N) is 1. The maximum atomic E-state index is 6.96. The van der Waals surface area contributed by atoms with Gasteiger partial charge in [0, 0.05) is 16.5 Å². The van der Waals surface area contributed by atoms with Gasteiger partial charge in [-0.25, -0.2) is 15.0 Å². The van der Waals surface area contributed by atoms with Gasteiger partial charge < -0.3 is 18.9 Å². The van der Waals surface area contributed by atoms with E-state index in [0.29, 0.717) is 19.0 Å². The molecule has 3 heterocycles. The molecule has 1 aliphatic rings. The fourth-order valence-electron chi connectivity index (χ4n) is 4.19. The fourth-order valence-corrected chi connectivity index (χ4v) is 6.92. The Morgan fingerprint density at radius 1 is 0.975 bits per heavy atom. The standard InChI is InChI=1S/C29H46IN5O3Si2/c1-28(2,3)39(7,8)36-17-23-22(38-40(9,10)29(4,5)6)15-24(37-23)35-19-34-25-26(32-18-33-27(25)35)31-16-20-11-13-21(30)14-12-20/h11-14,18-19,22-24H,15-17H2,1-10H3,(H,31,32,33)/t22-,23+,24+/m0/s1. The first kappa shape index (κ1) is 31.5. The van der Waals surface area contributed by atoms with Crippen molar-refractivity contribution < 1.29 is 13.6 Å². The summed E-state index contributed by atoms with van der Waals surface area (Å²) in [4.78, 5) is 13.8. The molecule has 1 fully saturated rings. The van der Waals surface area contributed by atoms with Crippen LogP contribution in [0.4, 0.5) is 5.82 Å². The number of halogens is 1. The number of hydrogen-bond donors (Lipinski definition) is 1. The molecule has 0 aliphatic carbocycles. The van der Waals surface area contributed by atoms with E-state index in [1.807, 2.05) is 10.9 Å². The highest BCUT2D eigenvalue weighted by atomic mass is 127. The van der Waals surface area contributed by atoms with Crippen molar-refractivity contribution in [2.24, 2.45) is 0 Å². The average Bonchev–Trinajstić information content (AvgIpc) is 3.45. The van der Waals surface area contributed by atoms with Gasteiger partial charge in [0.25, 0.3) is 0 Å². The Kier molecular flexibility index (Phi) is 9.24. The molecule has 3 aromatic rings. The summed E-state index contributed by atoms with van der Waals surface area (Å²) in [5.41, 5.74) is 2.67. The molecular formula is C29H46IN5O3Si2. The topological polar surface area (TPSA) is 83.3 Å². The fraction of sp³-hybridized carbons (Fsp3) is 0.621. The van der Waals surface area contributed by atoms with Crippen LogP contribution >= 0.6 is 22.6 Å². The first-order valence-electron chi connectivity index (χ1n) is 14.1. The lowest BCUT2D eigenvalue weighted by atomic mass is 10.2. The zero-order valence-electron chi connectivity index (χ0n) is 25.7. The molecule has 0 saturated carbocycles. The van der Waals surface area contributed by atoms with Gasteiger partial charge in [-0.3, -0.25) is 4.57 Å². The van der Waals surface area contributed by atoms with Crippen LogP contribution in [0.15, 0.2) is 36.9 Å². The molecular weight excluding hydrogens is 649 g/mol. The van der Waals surface area contributed by atoms with Crippen LogP contribution in [-0.4, -0.2) is 55.0 Å². The van der Waals surface area contributed by atoms with Crippen molar-refractivity contribution in [3.63, 3.8) is 0 Å². The summed E-state index contributed by atoms with van der Waals surface area (Å²) in [5, 5.41) is 3.66. The Hall–Kier alpha value is -1.39. The van der Waals surface area contributed by atoms with Crippen molar-refractivity contribution in [1.29, 1.82) is 0 Å². The summed E-state index contributed by atoms with van der Waals surface area (Å²) in [6.07, 6.45) is 3.67. The molecule has 3 atom stereocenters. The second kappa shape index (κ2) is 11.7. The molecule has 2 aromatic heterocycles. The lowest BCUT2D eigenvalue weighted by Crippen LogP contribution is -2.48. The van der Waals surface area contributed by atoms with E-state index in [1.54, 1.807) is 6.33 Å². The number of imidazole rings is 1. The van der Waals surface area contributed by atoms with E-state index in [9.17, 15) is 0 Å². The molecule has 0 unspecified atom stereocenters. The van der Waals surface area contributed by atoms with Gasteiger partial charge in [0.05, 0.1) is 19.0 Å². The average molecular weight is 696 g/mol. The van der Waals surface area contributed by atoms with Gasteiger partial charge in [0.2, 0.25) is 0 Å². The summed E-state index contributed by atoms with van der Waals surface area (Å²) in [7, 11) is -3.98. The third kappa shape index (κ3) is 6.97. The maximum Gasteiger partial charge on any atom is 0.192 e. The van der Waals surface area contributed by atoms with Gasteiger partial charge in [-0.05, 0) is 76.6 Å². The largest absolute Gasteiger partial charge is 0.414 e. The minimum atomic E-state index is -2.03. The van der Waals surface area contributed by atoms with Crippen molar-refractivity contribution in [2.75, 3.05) is 11.9 Å². The minimum absolute atomic E-state index is 0.0616. The number of rotatable bonds is 9. The van der Waals surface area contributed by atoms with Crippen LogP contribution in [0.2, 0.25) is 36.3 Å². The molecule has 4 rings (SSSR count). The summed E-state index contributed by atoms with van der Waals surface area (Å²) >= 11 is 2.32. The normalized spacial score (nSPS) is 20.8. The van der Waals surface area contributed by atoms with Crippen molar-refractivity contribution >= 4 is 56.2 Å². The minimum Gasteiger partial charge on any atom is -0.414 e. The van der Waals surface area contributed by atoms with E-state index in [4.69, 9.17) is 18.6 Å². The predicted octanol–water partition coefficient (Wildman–Crippen LogP) is 7.74. The van der Waals surface area contributed by atoms with Crippen LogP contribution in [0, 0.1) is 3.57 Å². The first-order valence-corrected chi connectivity index (χ1v) is 21.0. The number of aromatic nitrogens is 4. The Morgan fingerprint density at radius 3 is 2.25 bits per heavy atom. The van der Waals surface area contributed by atoms with Gasteiger partial charge in [0.1, 0.15) is 18.7 Å². The second-order valence-corrected chi connectivity index (χ2v) is 24.7. The van der Waals surface area contributed by atoms with Gasteiger partial charge in [-0.1, -0.05) is 53.7 Å². The number of nitrogens with zero attached hydrogens (tertiary/aromatic N) is 4. The Bertz CT molecular complexity index is 1300. The SMILES string of the molecule is CC(C)(C)[Si](C)(C)OC[C@H]1O[C@@H](n2cnc3c(NCc4ccc(I)cc4)ncnc32)C[C@@H]1O[Si](C)(C)C(C)(C)C. The molecule has 1 saturated heterocycles. The van der Waals surface area contributed by atoms with Crippen LogP contribution < -0.4 is 5.32 Å². The van der Waals surface area contributed by atoms with Crippen LogP contribution in [0.3, 0.4) is 0 Å². The van der Waals surface area contributed by atoms with E-state index in [-0.39, 0.29) is 28.5 Å². The van der Waals surface area contributed by atoms with E-state index in [2.05, 4.69) is 130 Å². The van der Waals surface area contributed by atoms with Crippen molar-refractivity contribution in [1.82, 2.24) is 19.5 Å². The molecule has 220 valence electrons. The highest BCUT2D eigenvalue weighted by molar-refractivity contribution is 14.1. The third-order valence-corrected chi connectivity index (χ3v) is 18.6. The highest BCUT2D eigenvalue weighted by Gasteiger charge is 2.46.